The van der Waals surface area contributed by atoms with Crippen molar-refractivity contribution >= 4 is 11.5 Å². The van der Waals surface area contributed by atoms with Crippen molar-refractivity contribution in [3.8, 4) is 11.5 Å². The van der Waals surface area contributed by atoms with E-state index in [1.54, 1.807) is 12.1 Å². The molecule has 0 radical (unpaired) electrons. The highest BCUT2D eigenvalue weighted by molar-refractivity contribution is 5.97. The maximum Gasteiger partial charge on any atom is 0.341 e. The van der Waals surface area contributed by atoms with E-state index in [-0.39, 0.29) is 0 Å². The van der Waals surface area contributed by atoms with Gasteiger partial charge in [-0.3, -0.25) is 0 Å². The van der Waals surface area contributed by atoms with Gasteiger partial charge in [-0.2, -0.15) is 0 Å². The molecule has 0 atom stereocenters. The van der Waals surface area contributed by atoms with E-state index in [0.29, 0.717) is 17.1 Å². The number of para-hydroxylation sites is 2. The molecule has 0 unspecified atom stereocenters. The van der Waals surface area contributed by atoms with E-state index in [1.807, 2.05) is 30.3 Å². The van der Waals surface area contributed by atoms with Crippen molar-refractivity contribution in [1.82, 2.24) is 0 Å². The summed E-state index contributed by atoms with van der Waals surface area (Å²) >= 11 is 0. The Labute approximate surface area is 111 Å². The number of carbonyl (C=O) groups excluding carboxylic acids is 1. The molecule has 1 aliphatic heterocycles. The largest absolute Gasteiger partial charge is 0.465 e. The molecule has 0 N–H and O–H groups in total. The normalized spacial score (nSPS) is 12.2. The van der Waals surface area contributed by atoms with Crippen LogP contribution < -0.4 is 4.74 Å². The van der Waals surface area contributed by atoms with Gasteiger partial charge in [0.05, 0.1) is 7.11 Å². The van der Waals surface area contributed by atoms with Crippen molar-refractivity contribution in [2.45, 2.75) is 0 Å². The van der Waals surface area contributed by atoms with E-state index in [0.717, 1.165) is 16.7 Å². The average molecular weight is 252 g/mol. The number of rotatable bonds is 1. The molecule has 2 aromatic carbocycles. The average Bonchev–Trinajstić information content (AvgIpc) is 2.46. The Morgan fingerprint density at radius 3 is 2.63 bits per heavy atom. The van der Waals surface area contributed by atoms with Gasteiger partial charge in [0.15, 0.2) is 0 Å². The quantitative estimate of drug-likeness (QED) is 0.620. The smallest absolute Gasteiger partial charge is 0.341 e. The molecule has 3 rings (SSSR count). The van der Waals surface area contributed by atoms with Crippen LogP contribution in [0.1, 0.15) is 21.5 Å². The molecular formula is C16H12O3. The molecule has 0 spiro atoms. The van der Waals surface area contributed by atoms with Gasteiger partial charge in [0, 0.05) is 11.1 Å². The van der Waals surface area contributed by atoms with Crippen molar-refractivity contribution in [2.24, 2.45) is 0 Å². The summed E-state index contributed by atoms with van der Waals surface area (Å²) in [5, 5.41) is 0. The Morgan fingerprint density at radius 2 is 1.84 bits per heavy atom. The van der Waals surface area contributed by atoms with Crippen LogP contribution >= 0.6 is 0 Å². The molecule has 94 valence electrons. The minimum Gasteiger partial charge on any atom is -0.465 e. The van der Waals surface area contributed by atoms with Gasteiger partial charge < -0.3 is 9.47 Å². The molecule has 1 aliphatic rings. The number of benzene rings is 2. The Hall–Kier alpha value is -2.55. The van der Waals surface area contributed by atoms with Crippen LogP contribution in [0.5, 0.6) is 11.5 Å². The zero-order valence-corrected chi connectivity index (χ0v) is 10.5. The highest BCUT2D eigenvalue weighted by Gasteiger charge is 2.25. The number of hydrogen-bond acceptors (Lipinski definition) is 3. The number of esters is 1. The lowest BCUT2D eigenvalue weighted by atomic mass is 9.93. The zero-order valence-electron chi connectivity index (χ0n) is 10.5. The lowest BCUT2D eigenvalue weighted by Gasteiger charge is -2.23. The second-order valence-electron chi connectivity index (χ2n) is 4.25. The van der Waals surface area contributed by atoms with Gasteiger partial charge in [-0.05, 0) is 17.7 Å². The molecule has 0 aliphatic carbocycles. The molecule has 2 aromatic rings. The Balaban J connectivity index is 2.20. The van der Waals surface area contributed by atoms with E-state index in [2.05, 4.69) is 6.58 Å². The van der Waals surface area contributed by atoms with Crippen molar-refractivity contribution < 1.29 is 14.3 Å². The number of ether oxygens (including phenoxy) is 2. The van der Waals surface area contributed by atoms with E-state index in [1.165, 1.54) is 7.11 Å². The van der Waals surface area contributed by atoms with Gasteiger partial charge in [0.1, 0.15) is 17.1 Å². The van der Waals surface area contributed by atoms with E-state index >= 15 is 0 Å². The van der Waals surface area contributed by atoms with E-state index < -0.39 is 5.97 Å². The van der Waals surface area contributed by atoms with Gasteiger partial charge in [0.2, 0.25) is 0 Å². The first kappa shape index (κ1) is 11.5. The lowest BCUT2D eigenvalue weighted by Crippen LogP contribution is -2.09. The summed E-state index contributed by atoms with van der Waals surface area (Å²) in [6, 6.07) is 13.0. The molecule has 0 bridgehead atoms. The van der Waals surface area contributed by atoms with Crippen LogP contribution in [0, 0.1) is 0 Å². The molecule has 0 amide bonds. The molecule has 19 heavy (non-hydrogen) atoms. The number of methoxy groups -OCH3 is 1. The standard InChI is InChI=1S/C16H12O3/c1-10-11-6-3-4-9-14(11)19-15-12(10)7-5-8-13(15)16(17)18-2/h3-9H,1H2,2H3. The summed E-state index contributed by atoms with van der Waals surface area (Å²) in [6.07, 6.45) is 0. The maximum atomic E-state index is 11.8. The van der Waals surface area contributed by atoms with Crippen LogP contribution in [0.15, 0.2) is 49.0 Å². The summed E-state index contributed by atoms with van der Waals surface area (Å²) in [7, 11) is 1.35. The zero-order chi connectivity index (χ0) is 13.4. The Morgan fingerprint density at radius 1 is 1.11 bits per heavy atom. The highest BCUT2D eigenvalue weighted by Crippen LogP contribution is 2.44. The van der Waals surface area contributed by atoms with Gasteiger partial charge in [0.25, 0.3) is 0 Å². The summed E-state index contributed by atoms with van der Waals surface area (Å²) in [4.78, 5) is 11.8. The summed E-state index contributed by atoms with van der Waals surface area (Å²) in [6.45, 7) is 4.09. The molecule has 0 saturated carbocycles. The fraction of sp³-hybridized carbons (Fsp3) is 0.0625. The number of hydrogen-bond donors (Lipinski definition) is 0. The van der Waals surface area contributed by atoms with Crippen molar-refractivity contribution in [3.63, 3.8) is 0 Å². The van der Waals surface area contributed by atoms with Gasteiger partial charge in [-0.15, -0.1) is 0 Å². The monoisotopic (exact) mass is 252 g/mol. The molecular weight excluding hydrogens is 240 g/mol. The SMILES string of the molecule is C=C1c2ccccc2Oc2c1cccc2C(=O)OC. The van der Waals surface area contributed by atoms with Gasteiger partial charge in [-0.25, -0.2) is 4.79 Å². The second kappa shape index (κ2) is 4.28. The molecule has 3 nitrogen and oxygen atoms in total. The predicted octanol–water partition coefficient (Wildman–Crippen LogP) is 3.64. The van der Waals surface area contributed by atoms with Crippen molar-refractivity contribution in [3.05, 3.63) is 65.7 Å². The van der Waals surface area contributed by atoms with Gasteiger partial charge in [-0.1, -0.05) is 36.9 Å². The summed E-state index contributed by atoms with van der Waals surface area (Å²) < 4.78 is 10.6. The Kier molecular flexibility index (Phi) is 2.60. The van der Waals surface area contributed by atoms with E-state index in [9.17, 15) is 4.79 Å². The first-order valence-electron chi connectivity index (χ1n) is 5.90. The van der Waals surface area contributed by atoms with Crippen molar-refractivity contribution in [1.29, 1.82) is 0 Å². The number of fused-ring (bicyclic) bond motifs is 2. The van der Waals surface area contributed by atoms with Gasteiger partial charge >= 0.3 is 5.97 Å². The highest BCUT2D eigenvalue weighted by atomic mass is 16.5. The second-order valence-corrected chi connectivity index (χ2v) is 4.25. The topological polar surface area (TPSA) is 35.5 Å². The fourth-order valence-electron chi connectivity index (χ4n) is 2.22. The first-order valence-corrected chi connectivity index (χ1v) is 5.90. The van der Waals surface area contributed by atoms with Crippen LogP contribution in [0.2, 0.25) is 0 Å². The molecule has 0 aromatic heterocycles. The maximum absolute atomic E-state index is 11.8. The third kappa shape index (κ3) is 1.71. The summed E-state index contributed by atoms with van der Waals surface area (Å²) in [5.41, 5.74) is 3.02. The van der Waals surface area contributed by atoms with E-state index in [4.69, 9.17) is 9.47 Å². The predicted molar refractivity (Wildman–Crippen MR) is 72.4 cm³/mol. The third-order valence-electron chi connectivity index (χ3n) is 3.17. The first-order chi connectivity index (χ1) is 9.22. The molecule has 1 heterocycles. The van der Waals surface area contributed by atoms with Crippen molar-refractivity contribution in [2.75, 3.05) is 7.11 Å². The van der Waals surface area contributed by atoms with Crippen LogP contribution in [-0.4, -0.2) is 13.1 Å². The van der Waals surface area contributed by atoms with Crippen LogP contribution in [0.25, 0.3) is 5.57 Å². The lowest BCUT2D eigenvalue weighted by molar-refractivity contribution is 0.0598. The number of carbonyl (C=O) groups is 1. The molecule has 0 fully saturated rings. The Bertz CT molecular complexity index is 686. The fourth-order valence-corrected chi connectivity index (χ4v) is 2.22. The van der Waals surface area contributed by atoms with Crippen LogP contribution in [0.3, 0.4) is 0 Å². The summed E-state index contributed by atoms with van der Waals surface area (Å²) in [5.74, 6) is 0.804. The van der Waals surface area contributed by atoms with Crippen LogP contribution in [0.4, 0.5) is 0 Å². The molecule has 0 saturated heterocycles. The minimum absolute atomic E-state index is 0.413. The molecule has 3 heteroatoms. The third-order valence-corrected chi connectivity index (χ3v) is 3.17. The van der Waals surface area contributed by atoms with Crippen LogP contribution in [-0.2, 0) is 4.74 Å². The minimum atomic E-state index is -0.413.